The first kappa shape index (κ1) is 11.3. The average Bonchev–Trinajstić information content (AvgIpc) is 1.96. The second kappa shape index (κ2) is 4.14. The van der Waals surface area contributed by atoms with Crippen LogP contribution >= 0.6 is 0 Å². The summed E-state index contributed by atoms with van der Waals surface area (Å²) in [5.41, 5.74) is 0. The molecule has 0 radical (unpaired) electrons. The third-order valence-electron chi connectivity index (χ3n) is 3.18. The molecule has 0 aromatic rings. The second-order valence-corrected chi connectivity index (χ2v) is 11.3. The van der Waals surface area contributed by atoms with Gasteiger partial charge in [0.05, 0.1) is 8.07 Å². The summed E-state index contributed by atoms with van der Waals surface area (Å²) < 4.78 is 0. The van der Waals surface area contributed by atoms with E-state index in [0.717, 1.165) is 12.0 Å². The molecule has 13 heavy (non-hydrogen) atoms. The monoisotopic (exact) mass is 199 g/mol. The Labute approximate surface area is 84.5 Å². The number of nitrogens with zero attached hydrogens (tertiary/aromatic N) is 1. The summed E-state index contributed by atoms with van der Waals surface area (Å²) in [5.74, 6) is 0.907. The predicted molar refractivity (Wildman–Crippen MR) is 62.8 cm³/mol. The Kier molecular flexibility index (Phi) is 3.58. The molecule has 2 atom stereocenters. The smallest absolute Gasteiger partial charge is 0.0599 e. The highest BCUT2D eigenvalue weighted by molar-refractivity contribution is 6.76. The van der Waals surface area contributed by atoms with Gasteiger partial charge in [-0.15, -0.1) is 0 Å². The largest absolute Gasteiger partial charge is 0.303 e. The summed E-state index contributed by atoms with van der Waals surface area (Å²) in [4.78, 5) is 2.72. The van der Waals surface area contributed by atoms with E-state index in [1.165, 1.54) is 25.6 Å². The van der Waals surface area contributed by atoms with E-state index in [4.69, 9.17) is 0 Å². The van der Waals surface area contributed by atoms with Crippen molar-refractivity contribution in [2.24, 2.45) is 5.92 Å². The Morgan fingerprint density at radius 2 is 1.85 bits per heavy atom. The lowest BCUT2D eigenvalue weighted by atomic mass is 9.93. The molecule has 1 aliphatic rings. The molecule has 0 saturated carbocycles. The van der Waals surface area contributed by atoms with E-state index in [0.29, 0.717) is 0 Å². The zero-order valence-electron chi connectivity index (χ0n) is 9.93. The molecule has 0 bridgehead atoms. The van der Waals surface area contributed by atoms with Gasteiger partial charge in [-0.2, -0.15) is 0 Å². The van der Waals surface area contributed by atoms with Gasteiger partial charge in [0, 0.05) is 6.04 Å². The van der Waals surface area contributed by atoms with E-state index in [9.17, 15) is 0 Å². The quantitative estimate of drug-likeness (QED) is 0.618. The minimum absolute atomic E-state index is 0.820. The maximum atomic E-state index is 2.72. The molecule has 0 aromatic heterocycles. The molecule has 1 heterocycles. The molecule has 2 unspecified atom stereocenters. The summed E-state index contributed by atoms with van der Waals surface area (Å²) in [6.45, 7) is 13.6. The van der Waals surface area contributed by atoms with Crippen molar-refractivity contribution in [1.29, 1.82) is 0 Å². The number of hydrogen-bond donors (Lipinski definition) is 0. The Morgan fingerprint density at radius 3 is 2.38 bits per heavy atom. The van der Waals surface area contributed by atoms with Crippen molar-refractivity contribution in [2.45, 2.75) is 52.4 Å². The standard InChI is InChI=1S/C11H25NSi/c1-10-7-6-8-12(11(10)2)9-13(3,4)5/h10-11H,6-9H2,1-5H3. The first-order valence-electron chi connectivity index (χ1n) is 5.64. The first-order chi connectivity index (χ1) is 5.90. The third kappa shape index (κ3) is 3.43. The van der Waals surface area contributed by atoms with E-state index in [-0.39, 0.29) is 0 Å². The van der Waals surface area contributed by atoms with E-state index in [1.807, 2.05) is 0 Å². The molecule has 0 aliphatic carbocycles. The van der Waals surface area contributed by atoms with Crippen molar-refractivity contribution in [2.75, 3.05) is 12.7 Å². The first-order valence-corrected chi connectivity index (χ1v) is 9.35. The minimum Gasteiger partial charge on any atom is -0.303 e. The number of rotatable bonds is 2. The van der Waals surface area contributed by atoms with Gasteiger partial charge in [-0.05, 0) is 38.4 Å². The van der Waals surface area contributed by atoms with Gasteiger partial charge in [0.15, 0.2) is 0 Å². The molecule has 78 valence electrons. The van der Waals surface area contributed by atoms with Crippen LogP contribution in [0.15, 0.2) is 0 Å². The maximum absolute atomic E-state index is 2.72. The van der Waals surface area contributed by atoms with Crippen LogP contribution in [0.5, 0.6) is 0 Å². The molecule has 2 heteroatoms. The van der Waals surface area contributed by atoms with Crippen molar-refractivity contribution in [3.05, 3.63) is 0 Å². The zero-order valence-corrected chi connectivity index (χ0v) is 10.9. The summed E-state index contributed by atoms with van der Waals surface area (Å²) >= 11 is 0. The average molecular weight is 199 g/mol. The van der Waals surface area contributed by atoms with Crippen LogP contribution < -0.4 is 0 Å². The topological polar surface area (TPSA) is 3.24 Å². The van der Waals surface area contributed by atoms with E-state index in [1.54, 1.807) is 0 Å². The summed E-state index contributed by atoms with van der Waals surface area (Å²) in [6.07, 6.45) is 4.23. The van der Waals surface area contributed by atoms with E-state index < -0.39 is 8.07 Å². The van der Waals surface area contributed by atoms with Gasteiger partial charge in [0.2, 0.25) is 0 Å². The van der Waals surface area contributed by atoms with E-state index >= 15 is 0 Å². The van der Waals surface area contributed by atoms with Crippen molar-refractivity contribution in [3.63, 3.8) is 0 Å². The molecule has 1 fully saturated rings. The lowest BCUT2D eigenvalue weighted by Gasteiger charge is -2.40. The molecule has 0 N–H and O–H groups in total. The van der Waals surface area contributed by atoms with Crippen LogP contribution in [0.1, 0.15) is 26.7 Å². The third-order valence-corrected chi connectivity index (χ3v) is 4.54. The van der Waals surface area contributed by atoms with Crippen molar-refractivity contribution < 1.29 is 0 Å². The highest BCUT2D eigenvalue weighted by Crippen LogP contribution is 2.23. The summed E-state index contributed by atoms with van der Waals surface area (Å²) in [5, 5.41) is 0. The number of piperidine rings is 1. The van der Waals surface area contributed by atoms with Gasteiger partial charge >= 0.3 is 0 Å². The highest BCUT2D eigenvalue weighted by Gasteiger charge is 2.28. The van der Waals surface area contributed by atoms with Crippen LogP contribution in [0.3, 0.4) is 0 Å². The van der Waals surface area contributed by atoms with Crippen molar-refractivity contribution in [3.8, 4) is 0 Å². The van der Waals surface area contributed by atoms with Gasteiger partial charge in [0.25, 0.3) is 0 Å². The Hall–Kier alpha value is 0.177. The second-order valence-electron chi connectivity index (χ2n) is 5.89. The molecule has 1 saturated heterocycles. The minimum atomic E-state index is -0.890. The molecule has 1 rings (SSSR count). The van der Waals surface area contributed by atoms with Gasteiger partial charge in [-0.1, -0.05) is 26.6 Å². The molecular formula is C11H25NSi. The lowest BCUT2D eigenvalue weighted by Crippen LogP contribution is -2.49. The van der Waals surface area contributed by atoms with Gasteiger partial charge < -0.3 is 4.90 Å². The predicted octanol–water partition coefficient (Wildman–Crippen LogP) is 2.98. The number of hydrogen-bond acceptors (Lipinski definition) is 1. The SMILES string of the molecule is CC1CCCN(C[Si](C)(C)C)C1C. The maximum Gasteiger partial charge on any atom is 0.0599 e. The van der Waals surface area contributed by atoms with Crippen LogP contribution in [0.25, 0.3) is 0 Å². The molecule has 0 spiro atoms. The molecule has 0 amide bonds. The fraction of sp³-hybridized carbons (Fsp3) is 1.00. The molecular weight excluding hydrogens is 174 g/mol. The van der Waals surface area contributed by atoms with E-state index in [2.05, 4.69) is 38.4 Å². The Bertz CT molecular complexity index is 162. The zero-order chi connectivity index (χ0) is 10.1. The van der Waals surface area contributed by atoms with Crippen LogP contribution in [0, 0.1) is 5.92 Å². The summed E-state index contributed by atoms with van der Waals surface area (Å²) in [6, 6.07) is 0.820. The van der Waals surface area contributed by atoms with Crippen LogP contribution in [0.4, 0.5) is 0 Å². The normalized spacial score (nSPS) is 32.1. The van der Waals surface area contributed by atoms with Gasteiger partial charge in [0.1, 0.15) is 0 Å². The molecule has 0 aromatic carbocycles. The fourth-order valence-corrected chi connectivity index (χ4v) is 3.92. The van der Waals surface area contributed by atoms with Crippen molar-refractivity contribution in [1.82, 2.24) is 4.90 Å². The number of likely N-dealkylation sites (tertiary alicyclic amines) is 1. The Balaban J connectivity index is 2.49. The molecule has 1 aliphatic heterocycles. The fourth-order valence-electron chi connectivity index (χ4n) is 2.25. The van der Waals surface area contributed by atoms with Gasteiger partial charge in [-0.25, -0.2) is 0 Å². The van der Waals surface area contributed by atoms with Gasteiger partial charge in [-0.3, -0.25) is 0 Å². The lowest BCUT2D eigenvalue weighted by molar-refractivity contribution is 0.133. The Morgan fingerprint density at radius 1 is 1.23 bits per heavy atom. The molecule has 1 nitrogen and oxygen atoms in total. The van der Waals surface area contributed by atoms with Crippen molar-refractivity contribution >= 4 is 8.07 Å². The van der Waals surface area contributed by atoms with Crippen LogP contribution in [-0.2, 0) is 0 Å². The van der Waals surface area contributed by atoms with Crippen LogP contribution in [-0.4, -0.2) is 31.7 Å². The summed E-state index contributed by atoms with van der Waals surface area (Å²) in [7, 11) is -0.890. The van der Waals surface area contributed by atoms with Crippen LogP contribution in [0.2, 0.25) is 19.6 Å². The highest BCUT2D eigenvalue weighted by atomic mass is 28.3.